The first kappa shape index (κ1) is 20.7. The molecular formula is C21H23N5O4S. The highest BCUT2D eigenvalue weighted by atomic mass is 32.2. The Bertz CT molecular complexity index is 1280. The number of para-hydroxylation sites is 3. The molecule has 31 heavy (non-hydrogen) atoms. The Hall–Kier alpha value is -3.53. The molecule has 1 aliphatic rings. The molecular weight excluding hydrogens is 418 g/mol. The van der Waals surface area contributed by atoms with Gasteiger partial charge in [0.2, 0.25) is 10.0 Å². The number of imidazole rings is 1. The van der Waals surface area contributed by atoms with Crippen molar-refractivity contribution in [3.8, 4) is 5.69 Å². The van der Waals surface area contributed by atoms with E-state index in [0.29, 0.717) is 35.7 Å². The maximum Gasteiger partial charge on any atom is 0.330 e. The summed E-state index contributed by atoms with van der Waals surface area (Å²) in [6, 6.07) is 13.8. The summed E-state index contributed by atoms with van der Waals surface area (Å²) in [7, 11) is -3.56. The highest BCUT2D eigenvalue weighted by molar-refractivity contribution is 7.92. The molecule has 2 aromatic carbocycles. The fraction of sp³-hybridized carbons (Fsp3) is 0.238. The van der Waals surface area contributed by atoms with Crippen LogP contribution in [0.15, 0.2) is 59.5 Å². The SMILES string of the molecule is Cc1c[nH]c(=O)n1-c1ccccc1NC(=O)NCCS(=O)(=O)N1CCc2ccccc21. The van der Waals surface area contributed by atoms with Crippen LogP contribution in [-0.4, -0.2) is 42.8 Å². The van der Waals surface area contributed by atoms with E-state index in [9.17, 15) is 18.0 Å². The number of urea groups is 1. The van der Waals surface area contributed by atoms with Crippen LogP contribution in [0.1, 0.15) is 11.3 Å². The number of fused-ring (bicyclic) bond motifs is 1. The molecule has 2 amide bonds. The molecule has 0 spiro atoms. The molecule has 2 heterocycles. The monoisotopic (exact) mass is 441 g/mol. The molecule has 1 aromatic heterocycles. The maximum atomic E-state index is 12.7. The van der Waals surface area contributed by atoms with Gasteiger partial charge >= 0.3 is 11.7 Å². The number of hydrogen-bond acceptors (Lipinski definition) is 4. The van der Waals surface area contributed by atoms with Crippen LogP contribution >= 0.6 is 0 Å². The van der Waals surface area contributed by atoms with Crippen molar-refractivity contribution in [2.24, 2.45) is 0 Å². The fourth-order valence-corrected chi connectivity index (χ4v) is 5.12. The Morgan fingerprint density at radius 2 is 1.81 bits per heavy atom. The molecule has 0 saturated carbocycles. The van der Waals surface area contributed by atoms with Crippen molar-refractivity contribution in [2.45, 2.75) is 13.3 Å². The van der Waals surface area contributed by atoms with E-state index in [0.717, 1.165) is 5.56 Å². The van der Waals surface area contributed by atoms with Crippen molar-refractivity contribution in [3.63, 3.8) is 0 Å². The lowest BCUT2D eigenvalue weighted by Gasteiger charge is -2.19. The summed E-state index contributed by atoms with van der Waals surface area (Å²) in [6.07, 6.45) is 2.26. The van der Waals surface area contributed by atoms with Crippen LogP contribution in [-0.2, 0) is 16.4 Å². The molecule has 0 atom stereocenters. The van der Waals surface area contributed by atoms with Crippen molar-refractivity contribution in [3.05, 3.63) is 76.5 Å². The number of amides is 2. The van der Waals surface area contributed by atoms with Crippen LogP contribution in [0.2, 0.25) is 0 Å². The summed E-state index contributed by atoms with van der Waals surface area (Å²) >= 11 is 0. The van der Waals surface area contributed by atoms with E-state index in [1.807, 2.05) is 18.2 Å². The minimum Gasteiger partial charge on any atom is -0.337 e. The van der Waals surface area contributed by atoms with Gasteiger partial charge in [0.25, 0.3) is 0 Å². The molecule has 3 aromatic rings. The summed E-state index contributed by atoms with van der Waals surface area (Å²) in [6.45, 7) is 2.14. The van der Waals surface area contributed by atoms with E-state index in [2.05, 4.69) is 15.6 Å². The highest BCUT2D eigenvalue weighted by Crippen LogP contribution is 2.29. The smallest absolute Gasteiger partial charge is 0.330 e. The van der Waals surface area contributed by atoms with Gasteiger partial charge in [0.15, 0.2) is 0 Å². The molecule has 0 radical (unpaired) electrons. The van der Waals surface area contributed by atoms with Crippen LogP contribution in [0.3, 0.4) is 0 Å². The van der Waals surface area contributed by atoms with Gasteiger partial charge in [0.05, 0.1) is 22.8 Å². The topological polar surface area (TPSA) is 116 Å². The van der Waals surface area contributed by atoms with Crippen LogP contribution < -0.4 is 20.6 Å². The average Bonchev–Trinajstić information content (AvgIpc) is 3.32. The number of nitrogens with zero attached hydrogens (tertiary/aromatic N) is 2. The average molecular weight is 442 g/mol. The first-order valence-corrected chi connectivity index (χ1v) is 11.5. The van der Waals surface area contributed by atoms with Gasteiger partial charge < -0.3 is 15.6 Å². The summed E-state index contributed by atoms with van der Waals surface area (Å²) in [5, 5.41) is 5.28. The Morgan fingerprint density at radius 3 is 2.55 bits per heavy atom. The second kappa shape index (κ2) is 8.31. The number of rotatable bonds is 6. The van der Waals surface area contributed by atoms with Crippen LogP contribution in [0, 0.1) is 6.92 Å². The number of nitrogens with one attached hydrogen (secondary N) is 3. The van der Waals surface area contributed by atoms with Gasteiger partial charge in [0, 0.05) is 25.0 Å². The van der Waals surface area contributed by atoms with Crippen molar-refractivity contribution >= 4 is 27.4 Å². The summed E-state index contributed by atoms with van der Waals surface area (Å²) in [5.74, 6) is -0.215. The zero-order valence-corrected chi connectivity index (χ0v) is 17.8. The Kier molecular flexibility index (Phi) is 5.55. The van der Waals surface area contributed by atoms with E-state index in [1.165, 1.54) is 8.87 Å². The van der Waals surface area contributed by atoms with E-state index in [-0.39, 0.29) is 18.0 Å². The Labute approximate surface area is 179 Å². The van der Waals surface area contributed by atoms with Crippen LogP contribution in [0.25, 0.3) is 5.69 Å². The molecule has 4 rings (SSSR count). The quantitative estimate of drug-likeness (QED) is 0.542. The molecule has 0 bridgehead atoms. The van der Waals surface area contributed by atoms with E-state index in [4.69, 9.17) is 0 Å². The number of benzene rings is 2. The van der Waals surface area contributed by atoms with Gasteiger partial charge in [-0.15, -0.1) is 0 Å². The van der Waals surface area contributed by atoms with Crippen molar-refractivity contribution in [1.82, 2.24) is 14.9 Å². The van der Waals surface area contributed by atoms with Gasteiger partial charge in [0.1, 0.15) is 0 Å². The number of aromatic amines is 1. The standard InChI is InChI=1S/C21H23N5O4S/c1-15-14-23-21(28)26(15)19-9-5-3-7-17(19)24-20(27)22-11-13-31(29,30)25-12-10-16-6-2-4-8-18(16)25/h2-9,14H,10-13H2,1H3,(H,23,28)(H2,22,24,27). The molecule has 1 aliphatic heterocycles. The normalized spacial score (nSPS) is 13.1. The lowest BCUT2D eigenvalue weighted by atomic mass is 10.2. The summed E-state index contributed by atoms with van der Waals surface area (Å²) in [4.78, 5) is 27.1. The number of hydrogen-bond donors (Lipinski definition) is 3. The predicted octanol–water partition coefficient (Wildman–Crippen LogP) is 1.99. The molecule has 9 nitrogen and oxygen atoms in total. The second-order valence-corrected chi connectivity index (χ2v) is 9.25. The third-order valence-electron chi connectivity index (χ3n) is 5.18. The Balaban J connectivity index is 1.40. The summed E-state index contributed by atoms with van der Waals surface area (Å²) < 4.78 is 28.3. The third kappa shape index (κ3) is 4.19. The van der Waals surface area contributed by atoms with Gasteiger partial charge in [-0.3, -0.25) is 8.87 Å². The third-order valence-corrected chi connectivity index (χ3v) is 6.95. The number of aryl methyl sites for hydroxylation is 1. The maximum absolute atomic E-state index is 12.7. The van der Waals surface area contributed by atoms with Crippen molar-refractivity contribution in [2.75, 3.05) is 28.5 Å². The van der Waals surface area contributed by atoms with Crippen molar-refractivity contribution in [1.29, 1.82) is 0 Å². The Morgan fingerprint density at radius 1 is 1.10 bits per heavy atom. The lowest BCUT2D eigenvalue weighted by molar-refractivity contribution is 0.252. The largest absolute Gasteiger partial charge is 0.337 e. The number of carbonyl (C=O) groups is 1. The minimum absolute atomic E-state index is 0.0435. The van der Waals surface area contributed by atoms with Gasteiger partial charge in [-0.2, -0.15) is 0 Å². The van der Waals surface area contributed by atoms with Crippen molar-refractivity contribution < 1.29 is 13.2 Å². The van der Waals surface area contributed by atoms with Gasteiger partial charge in [-0.1, -0.05) is 30.3 Å². The summed E-state index contributed by atoms with van der Waals surface area (Å²) in [5.41, 5.74) is 3.03. The van der Waals surface area contributed by atoms with Crippen LogP contribution in [0.5, 0.6) is 0 Å². The molecule has 0 saturated heterocycles. The highest BCUT2D eigenvalue weighted by Gasteiger charge is 2.28. The predicted molar refractivity (Wildman–Crippen MR) is 119 cm³/mol. The second-order valence-electron chi connectivity index (χ2n) is 7.24. The number of H-pyrrole nitrogens is 1. The van der Waals surface area contributed by atoms with E-state index >= 15 is 0 Å². The number of aromatic nitrogens is 2. The first-order chi connectivity index (χ1) is 14.9. The first-order valence-electron chi connectivity index (χ1n) is 9.86. The zero-order chi connectivity index (χ0) is 22.0. The minimum atomic E-state index is -3.56. The molecule has 3 N–H and O–H groups in total. The molecule has 10 heteroatoms. The fourth-order valence-electron chi connectivity index (χ4n) is 3.70. The van der Waals surface area contributed by atoms with E-state index < -0.39 is 16.1 Å². The van der Waals surface area contributed by atoms with E-state index in [1.54, 1.807) is 43.5 Å². The molecule has 0 fully saturated rings. The number of carbonyl (C=O) groups excluding carboxylic acids is 1. The number of anilines is 2. The molecule has 0 aliphatic carbocycles. The van der Waals surface area contributed by atoms with Gasteiger partial charge in [-0.25, -0.2) is 18.0 Å². The van der Waals surface area contributed by atoms with Crippen LogP contribution in [0.4, 0.5) is 16.2 Å². The number of sulfonamides is 1. The van der Waals surface area contributed by atoms with Gasteiger partial charge in [-0.05, 0) is 37.1 Å². The zero-order valence-electron chi connectivity index (χ0n) is 17.0. The molecule has 0 unspecified atom stereocenters. The molecule has 162 valence electrons. The lowest BCUT2D eigenvalue weighted by Crippen LogP contribution is -2.38.